The third-order valence-corrected chi connectivity index (χ3v) is 5.36. The van der Waals surface area contributed by atoms with Crippen molar-refractivity contribution in [3.05, 3.63) is 72.1 Å². The molecule has 1 aliphatic heterocycles. The van der Waals surface area contributed by atoms with Crippen molar-refractivity contribution >= 4 is 11.9 Å². The van der Waals surface area contributed by atoms with E-state index in [-0.39, 0.29) is 23.9 Å². The van der Waals surface area contributed by atoms with Crippen LogP contribution in [-0.4, -0.2) is 27.8 Å². The Morgan fingerprint density at radius 2 is 1.76 bits per heavy atom. The van der Waals surface area contributed by atoms with E-state index in [2.05, 4.69) is 48.2 Å². The first-order chi connectivity index (χ1) is 14.1. The van der Waals surface area contributed by atoms with E-state index in [9.17, 15) is 4.79 Å². The molecule has 150 valence electrons. The van der Waals surface area contributed by atoms with Crippen LogP contribution >= 0.6 is 0 Å². The maximum Gasteiger partial charge on any atom is 0.231 e. The summed E-state index contributed by atoms with van der Waals surface area (Å²) in [6, 6.07) is 18.1. The first-order valence-corrected chi connectivity index (χ1v) is 9.99. The topological polar surface area (TPSA) is 60.2 Å². The molecule has 6 heteroatoms. The van der Waals surface area contributed by atoms with Gasteiger partial charge in [0, 0.05) is 6.42 Å². The maximum absolute atomic E-state index is 13.2. The smallest absolute Gasteiger partial charge is 0.231 e. The van der Waals surface area contributed by atoms with E-state index >= 15 is 0 Å². The first kappa shape index (κ1) is 19.2. The van der Waals surface area contributed by atoms with E-state index in [1.807, 2.05) is 39.9 Å². The number of hydrogen-bond donors (Lipinski definition) is 0. The predicted molar refractivity (Wildman–Crippen MR) is 112 cm³/mol. The Labute approximate surface area is 171 Å². The van der Waals surface area contributed by atoms with Gasteiger partial charge in [-0.3, -0.25) is 9.69 Å². The summed E-state index contributed by atoms with van der Waals surface area (Å²) in [5.74, 6) is 1.78. The molecule has 0 bridgehead atoms. The minimum absolute atomic E-state index is 0.00767. The summed E-state index contributed by atoms with van der Waals surface area (Å²) < 4.78 is 7.17. The van der Waals surface area contributed by atoms with E-state index in [0.717, 1.165) is 23.3 Å². The largest absolute Gasteiger partial charge is 0.497 e. The van der Waals surface area contributed by atoms with Crippen molar-refractivity contribution in [2.24, 2.45) is 5.92 Å². The molecule has 4 rings (SSSR count). The number of amides is 1. The zero-order valence-electron chi connectivity index (χ0n) is 17.0. The van der Waals surface area contributed by atoms with Crippen molar-refractivity contribution in [3.8, 4) is 5.75 Å². The van der Waals surface area contributed by atoms with Crippen molar-refractivity contribution in [1.82, 2.24) is 14.8 Å². The number of aromatic nitrogens is 3. The zero-order valence-corrected chi connectivity index (χ0v) is 17.0. The predicted octanol–water partition coefficient (Wildman–Crippen LogP) is 4.40. The van der Waals surface area contributed by atoms with Crippen LogP contribution in [0.15, 0.2) is 60.9 Å². The molecular formula is C23H26N4O2. The van der Waals surface area contributed by atoms with Gasteiger partial charge in [-0.1, -0.05) is 56.3 Å². The summed E-state index contributed by atoms with van der Waals surface area (Å²) in [7, 11) is 1.66. The van der Waals surface area contributed by atoms with Crippen LogP contribution in [0.25, 0.3) is 0 Å². The second-order valence-corrected chi connectivity index (χ2v) is 7.82. The second kappa shape index (κ2) is 8.07. The van der Waals surface area contributed by atoms with Gasteiger partial charge < -0.3 is 4.74 Å². The molecule has 0 radical (unpaired) electrons. The zero-order chi connectivity index (χ0) is 20.4. The Morgan fingerprint density at radius 1 is 1.07 bits per heavy atom. The lowest BCUT2D eigenvalue weighted by Crippen LogP contribution is -2.43. The van der Waals surface area contributed by atoms with Gasteiger partial charge in [0.1, 0.15) is 12.1 Å². The number of nitrogens with zero attached hydrogens (tertiary/aromatic N) is 4. The van der Waals surface area contributed by atoms with Gasteiger partial charge in [-0.25, -0.2) is 4.68 Å². The van der Waals surface area contributed by atoms with Crippen molar-refractivity contribution < 1.29 is 9.53 Å². The molecular weight excluding hydrogens is 364 g/mol. The normalized spacial score (nSPS) is 18.6. The molecule has 3 aromatic rings. The SMILES string of the molecule is COc1ccc(C2CC(c3ccccc3)N(C(=O)CC(C)C)c3ncnn32)cc1. The highest BCUT2D eigenvalue weighted by Crippen LogP contribution is 2.42. The molecule has 1 aliphatic rings. The molecule has 2 unspecified atom stereocenters. The highest BCUT2D eigenvalue weighted by Gasteiger charge is 2.39. The summed E-state index contributed by atoms with van der Waals surface area (Å²) in [6.07, 6.45) is 2.74. The summed E-state index contributed by atoms with van der Waals surface area (Å²) in [5, 5.41) is 4.48. The minimum atomic E-state index is -0.0914. The Bertz CT molecular complexity index is 966. The molecule has 29 heavy (non-hydrogen) atoms. The van der Waals surface area contributed by atoms with Crippen LogP contribution in [0, 0.1) is 5.92 Å². The number of methoxy groups -OCH3 is 1. The average Bonchev–Trinajstić information content (AvgIpc) is 3.22. The lowest BCUT2D eigenvalue weighted by molar-refractivity contribution is -0.120. The molecule has 0 N–H and O–H groups in total. The van der Waals surface area contributed by atoms with Gasteiger partial charge in [0.2, 0.25) is 11.9 Å². The number of hydrogen-bond acceptors (Lipinski definition) is 4. The fraction of sp³-hybridized carbons (Fsp3) is 0.348. The van der Waals surface area contributed by atoms with Crippen molar-refractivity contribution in [2.75, 3.05) is 12.0 Å². The van der Waals surface area contributed by atoms with Crippen molar-refractivity contribution in [3.63, 3.8) is 0 Å². The van der Waals surface area contributed by atoms with Gasteiger partial charge in [0.15, 0.2) is 0 Å². The van der Waals surface area contributed by atoms with Gasteiger partial charge in [-0.2, -0.15) is 10.1 Å². The van der Waals surface area contributed by atoms with Gasteiger partial charge in [0.25, 0.3) is 0 Å². The lowest BCUT2D eigenvalue weighted by atomic mass is 9.91. The number of ether oxygens (including phenoxy) is 1. The molecule has 0 spiro atoms. The minimum Gasteiger partial charge on any atom is -0.497 e. The number of rotatable bonds is 5. The van der Waals surface area contributed by atoms with E-state index in [4.69, 9.17) is 4.74 Å². The number of benzene rings is 2. The van der Waals surface area contributed by atoms with E-state index < -0.39 is 0 Å². The highest BCUT2D eigenvalue weighted by atomic mass is 16.5. The number of fused-ring (bicyclic) bond motifs is 1. The van der Waals surface area contributed by atoms with E-state index in [1.165, 1.54) is 6.33 Å². The van der Waals surface area contributed by atoms with E-state index in [0.29, 0.717) is 12.4 Å². The quantitative estimate of drug-likeness (QED) is 0.648. The van der Waals surface area contributed by atoms with E-state index in [1.54, 1.807) is 7.11 Å². The number of carbonyl (C=O) groups excluding carboxylic acids is 1. The number of carbonyl (C=O) groups is 1. The molecule has 0 saturated carbocycles. The molecule has 0 saturated heterocycles. The fourth-order valence-corrected chi connectivity index (χ4v) is 3.99. The third kappa shape index (κ3) is 3.75. The Kier molecular flexibility index (Phi) is 5.34. The third-order valence-electron chi connectivity index (χ3n) is 5.36. The summed E-state index contributed by atoms with van der Waals surface area (Å²) in [6.45, 7) is 4.12. The average molecular weight is 390 g/mol. The van der Waals surface area contributed by atoms with Crippen LogP contribution in [0.2, 0.25) is 0 Å². The van der Waals surface area contributed by atoms with Gasteiger partial charge in [-0.15, -0.1) is 0 Å². The van der Waals surface area contributed by atoms with Crippen LogP contribution in [0.3, 0.4) is 0 Å². The Morgan fingerprint density at radius 3 is 2.41 bits per heavy atom. The standard InChI is InChI=1S/C23H26N4O2/c1-16(2)13-22(28)26-20(17-7-5-4-6-8-17)14-21(27-23(26)24-15-25-27)18-9-11-19(29-3)12-10-18/h4-12,15-16,20-21H,13-14H2,1-3H3. The molecule has 1 amide bonds. The summed E-state index contributed by atoms with van der Waals surface area (Å²) in [5.41, 5.74) is 2.23. The molecule has 2 aromatic carbocycles. The first-order valence-electron chi connectivity index (χ1n) is 9.99. The molecule has 0 aliphatic carbocycles. The van der Waals surface area contributed by atoms with Crippen molar-refractivity contribution in [2.45, 2.75) is 38.8 Å². The van der Waals surface area contributed by atoms with Crippen LogP contribution in [-0.2, 0) is 4.79 Å². The second-order valence-electron chi connectivity index (χ2n) is 7.82. The van der Waals surface area contributed by atoms with Crippen LogP contribution < -0.4 is 9.64 Å². The van der Waals surface area contributed by atoms with Crippen molar-refractivity contribution in [1.29, 1.82) is 0 Å². The van der Waals surface area contributed by atoms with Gasteiger partial charge in [-0.05, 0) is 35.6 Å². The molecule has 0 fully saturated rings. The molecule has 2 heterocycles. The maximum atomic E-state index is 13.2. The molecule has 6 nitrogen and oxygen atoms in total. The van der Waals surface area contributed by atoms with Crippen LogP contribution in [0.1, 0.15) is 49.9 Å². The monoisotopic (exact) mass is 390 g/mol. The van der Waals surface area contributed by atoms with Gasteiger partial charge >= 0.3 is 0 Å². The van der Waals surface area contributed by atoms with Gasteiger partial charge in [0.05, 0.1) is 19.2 Å². The van der Waals surface area contributed by atoms with Crippen LogP contribution in [0.4, 0.5) is 5.95 Å². The number of anilines is 1. The lowest BCUT2D eigenvalue weighted by Gasteiger charge is -2.39. The summed E-state index contributed by atoms with van der Waals surface area (Å²) >= 11 is 0. The Hall–Kier alpha value is -3.15. The molecule has 1 aromatic heterocycles. The molecule has 2 atom stereocenters. The fourth-order valence-electron chi connectivity index (χ4n) is 3.99. The highest BCUT2D eigenvalue weighted by molar-refractivity contribution is 5.93. The summed E-state index contributed by atoms with van der Waals surface area (Å²) in [4.78, 5) is 19.5. The van der Waals surface area contributed by atoms with Crippen LogP contribution in [0.5, 0.6) is 5.75 Å². The Balaban J connectivity index is 1.79.